The van der Waals surface area contributed by atoms with E-state index in [0.29, 0.717) is 6.08 Å². The number of ether oxygens (including phenoxy) is 3. The average Bonchev–Trinajstić information content (AvgIpc) is 2.41. The zero-order valence-electron chi connectivity index (χ0n) is 14.2. The highest BCUT2D eigenvalue weighted by Crippen LogP contribution is 2.23. The van der Waals surface area contributed by atoms with E-state index in [1.807, 2.05) is 0 Å². The van der Waals surface area contributed by atoms with E-state index in [4.69, 9.17) is 16.3 Å². The first-order valence-corrected chi connectivity index (χ1v) is 7.55. The Balaban J connectivity index is 5.47. The molecule has 0 bridgehead atoms. The molecule has 0 rings (SSSR count). The minimum Gasteiger partial charge on any atom is -0.457 e. The average molecular weight is 429 g/mol. The van der Waals surface area contributed by atoms with Crippen LogP contribution in [0.5, 0.6) is 0 Å². The van der Waals surface area contributed by atoms with Gasteiger partial charge in [-0.2, -0.15) is 26.3 Å². The molecule has 0 heterocycles. The summed E-state index contributed by atoms with van der Waals surface area (Å²) >= 11 is 5.32. The Hall–Kier alpha value is -1.98. The van der Waals surface area contributed by atoms with Gasteiger partial charge in [0, 0.05) is 6.42 Å². The number of halogens is 7. The lowest BCUT2D eigenvalue weighted by molar-refractivity contribution is -0.204. The summed E-state index contributed by atoms with van der Waals surface area (Å²) in [5, 5.41) is 0. The highest BCUT2D eigenvalue weighted by molar-refractivity contribution is 6.18. The lowest BCUT2D eigenvalue weighted by Gasteiger charge is -2.20. The molecular weight excluding hydrogens is 414 g/mol. The molecule has 0 aliphatic rings. The molecule has 0 amide bonds. The fourth-order valence-corrected chi connectivity index (χ4v) is 1.51. The van der Waals surface area contributed by atoms with E-state index >= 15 is 0 Å². The molecule has 0 saturated heterocycles. The maximum atomic E-state index is 12.3. The van der Waals surface area contributed by atoms with Crippen molar-refractivity contribution in [3.63, 3.8) is 0 Å². The van der Waals surface area contributed by atoms with Crippen LogP contribution in [0.2, 0.25) is 0 Å². The van der Waals surface area contributed by atoms with Crippen molar-refractivity contribution in [3.05, 3.63) is 11.8 Å². The van der Waals surface area contributed by atoms with Gasteiger partial charge in [-0.05, 0) is 20.8 Å². The summed E-state index contributed by atoms with van der Waals surface area (Å²) < 4.78 is 86.3. The van der Waals surface area contributed by atoms with Crippen molar-refractivity contribution in [2.45, 2.75) is 51.2 Å². The quantitative estimate of drug-likeness (QED) is 0.161. The van der Waals surface area contributed by atoms with Gasteiger partial charge in [-0.1, -0.05) is 0 Å². The van der Waals surface area contributed by atoms with Crippen LogP contribution in [0.25, 0.3) is 0 Å². The number of esters is 3. The summed E-state index contributed by atoms with van der Waals surface area (Å²) in [6.45, 7) is 4.27. The van der Waals surface area contributed by atoms with Gasteiger partial charge in [0.2, 0.25) is 0 Å². The van der Waals surface area contributed by atoms with Crippen LogP contribution in [0, 0.1) is 0 Å². The lowest BCUT2D eigenvalue weighted by Crippen LogP contribution is -2.32. The summed E-state index contributed by atoms with van der Waals surface area (Å²) in [4.78, 5) is 33.4. The van der Waals surface area contributed by atoms with Crippen LogP contribution in [0.3, 0.4) is 0 Å². The fourth-order valence-electron chi connectivity index (χ4n) is 1.34. The zero-order chi connectivity index (χ0) is 21.6. The van der Waals surface area contributed by atoms with Crippen molar-refractivity contribution in [3.8, 4) is 0 Å². The second-order valence-electron chi connectivity index (χ2n) is 5.91. The molecule has 156 valence electrons. The summed E-state index contributed by atoms with van der Waals surface area (Å²) in [6.07, 6.45) is -13.4. The number of hydrogen-bond acceptors (Lipinski definition) is 6. The summed E-state index contributed by atoms with van der Waals surface area (Å²) in [6, 6.07) is 0. The second-order valence-corrected chi connectivity index (χ2v) is 6.22. The van der Waals surface area contributed by atoms with E-state index in [1.54, 1.807) is 0 Å². The SMILES string of the molecule is CC(C)(C)OC(=O)/C=C(\C[C@@H](CCl)OC(=O)C(F)(F)F)OC(=O)C(F)(F)F. The maximum absolute atomic E-state index is 12.3. The molecule has 1 atom stereocenters. The molecule has 6 nitrogen and oxygen atoms in total. The standard InChI is InChI=1S/C14H15ClF6O6/c1-12(2,3)27-9(22)5-7(25-10(23)13(16,17)18)4-8(6-15)26-11(24)14(19,20)21/h5,8H,4,6H2,1-3H3/b7-5+/t8-/m0/s1. The number of carbonyl (C=O) groups is 3. The molecule has 27 heavy (non-hydrogen) atoms. The molecule has 13 heteroatoms. The predicted octanol–water partition coefficient (Wildman–Crippen LogP) is 3.42. The molecule has 0 N–H and O–H groups in total. The third-order valence-corrected chi connectivity index (χ3v) is 2.59. The number of carbonyl (C=O) groups excluding carboxylic acids is 3. The number of alkyl halides is 7. The third kappa shape index (κ3) is 10.7. The molecule has 0 fully saturated rings. The Bertz CT molecular complexity index is 590. The van der Waals surface area contributed by atoms with E-state index in [-0.39, 0.29) is 0 Å². The van der Waals surface area contributed by atoms with Crippen molar-refractivity contribution in [2.24, 2.45) is 0 Å². The van der Waals surface area contributed by atoms with E-state index in [9.17, 15) is 40.7 Å². The van der Waals surface area contributed by atoms with Gasteiger partial charge in [-0.25, -0.2) is 14.4 Å². The molecular formula is C14H15ClF6O6. The van der Waals surface area contributed by atoms with Gasteiger partial charge in [-0.3, -0.25) is 0 Å². The van der Waals surface area contributed by atoms with Crippen LogP contribution in [0.15, 0.2) is 11.8 Å². The topological polar surface area (TPSA) is 78.9 Å². The molecule has 0 saturated carbocycles. The van der Waals surface area contributed by atoms with E-state index in [1.165, 1.54) is 20.8 Å². The Morgan fingerprint density at radius 2 is 1.44 bits per heavy atom. The van der Waals surface area contributed by atoms with Crippen LogP contribution in [-0.2, 0) is 28.6 Å². The molecule has 0 aromatic carbocycles. The fraction of sp³-hybridized carbons (Fsp3) is 0.643. The van der Waals surface area contributed by atoms with Gasteiger partial charge in [0.05, 0.1) is 12.0 Å². The van der Waals surface area contributed by atoms with Gasteiger partial charge in [0.1, 0.15) is 17.5 Å². The first kappa shape index (κ1) is 25.0. The van der Waals surface area contributed by atoms with Crippen molar-refractivity contribution >= 4 is 29.5 Å². The van der Waals surface area contributed by atoms with Crippen LogP contribution in [-0.4, -0.2) is 47.8 Å². The molecule has 0 spiro atoms. The summed E-state index contributed by atoms with van der Waals surface area (Å²) in [7, 11) is 0. The Kier molecular flexibility index (Phi) is 8.61. The Labute approximate surface area is 154 Å². The molecule has 0 aromatic rings. The Morgan fingerprint density at radius 3 is 1.81 bits per heavy atom. The van der Waals surface area contributed by atoms with E-state index in [0.717, 1.165) is 0 Å². The predicted molar refractivity (Wildman–Crippen MR) is 77.3 cm³/mol. The van der Waals surface area contributed by atoms with Crippen molar-refractivity contribution in [2.75, 3.05) is 5.88 Å². The lowest BCUT2D eigenvalue weighted by atomic mass is 10.2. The molecule has 0 aromatic heterocycles. The number of hydrogen-bond donors (Lipinski definition) is 0. The van der Waals surface area contributed by atoms with Crippen LogP contribution in [0.1, 0.15) is 27.2 Å². The highest BCUT2D eigenvalue weighted by Gasteiger charge is 2.44. The van der Waals surface area contributed by atoms with Crippen molar-refractivity contribution in [1.29, 1.82) is 0 Å². The van der Waals surface area contributed by atoms with E-state index < -0.39 is 60.0 Å². The minimum atomic E-state index is -5.45. The highest BCUT2D eigenvalue weighted by atomic mass is 35.5. The number of rotatable bonds is 6. The zero-order valence-corrected chi connectivity index (χ0v) is 14.9. The molecule has 0 radical (unpaired) electrons. The van der Waals surface area contributed by atoms with Crippen molar-refractivity contribution < 1.29 is 54.9 Å². The monoisotopic (exact) mass is 428 g/mol. The van der Waals surface area contributed by atoms with Gasteiger partial charge in [0.15, 0.2) is 0 Å². The van der Waals surface area contributed by atoms with Gasteiger partial charge in [0.25, 0.3) is 0 Å². The summed E-state index contributed by atoms with van der Waals surface area (Å²) in [5.41, 5.74) is -1.07. The third-order valence-electron chi connectivity index (χ3n) is 2.25. The largest absolute Gasteiger partial charge is 0.491 e. The maximum Gasteiger partial charge on any atom is 0.491 e. The molecule has 0 aliphatic carbocycles. The van der Waals surface area contributed by atoms with Gasteiger partial charge < -0.3 is 14.2 Å². The second kappa shape index (κ2) is 9.29. The normalized spacial score (nSPS) is 14.4. The van der Waals surface area contributed by atoms with E-state index in [2.05, 4.69) is 9.47 Å². The molecule has 0 unspecified atom stereocenters. The van der Waals surface area contributed by atoms with Crippen LogP contribution in [0.4, 0.5) is 26.3 Å². The van der Waals surface area contributed by atoms with Crippen molar-refractivity contribution in [1.82, 2.24) is 0 Å². The molecule has 0 aliphatic heterocycles. The van der Waals surface area contributed by atoms with Gasteiger partial charge in [-0.15, -0.1) is 11.6 Å². The summed E-state index contributed by atoms with van der Waals surface area (Å²) in [5.74, 6) is -8.49. The van der Waals surface area contributed by atoms with Crippen LogP contribution < -0.4 is 0 Å². The van der Waals surface area contributed by atoms with Gasteiger partial charge >= 0.3 is 30.3 Å². The van der Waals surface area contributed by atoms with Crippen LogP contribution >= 0.6 is 11.6 Å². The minimum absolute atomic E-state index is 0.315. The smallest absolute Gasteiger partial charge is 0.457 e. The Morgan fingerprint density at radius 1 is 0.963 bits per heavy atom. The first-order valence-electron chi connectivity index (χ1n) is 7.02. The first-order chi connectivity index (χ1) is 12.0.